The molecule has 0 saturated heterocycles. The van der Waals surface area contributed by atoms with Gasteiger partial charge < -0.3 is 18.8 Å². The van der Waals surface area contributed by atoms with Crippen LogP contribution in [-0.2, 0) is 28.4 Å². The van der Waals surface area contributed by atoms with Crippen molar-refractivity contribution in [2.45, 2.75) is 11.5 Å². The highest BCUT2D eigenvalue weighted by Gasteiger charge is 2.19. The van der Waals surface area contributed by atoms with E-state index < -0.39 is 16.0 Å². The number of nitrogens with two attached hydrogens (primary N) is 1. The average molecular weight is 437 g/mol. The van der Waals surface area contributed by atoms with Crippen molar-refractivity contribution in [2.75, 3.05) is 14.2 Å². The number of hydrogen-bond acceptors (Lipinski definition) is 8. The van der Waals surface area contributed by atoms with E-state index in [9.17, 15) is 13.2 Å². The van der Waals surface area contributed by atoms with E-state index in [1.165, 1.54) is 35.2 Å². The molecule has 11 heteroatoms. The van der Waals surface area contributed by atoms with Crippen molar-refractivity contribution in [1.82, 2.24) is 9.55 Å². The first-order valence-electron chi connectivity index (χ1n) is 8.26. The Balaban J connectivity index is 1.71. The summed E-state index contributed by atoms with van der Waals surface area (Å²) in [5.74, 6) is 0.522. The first-order chi connectivity index (χ1) is 13.7. The number of rotatable bonds is 7. The zero-order valence-electron chi connectivity index (χ0n) is 15.9. The first-order valence-corrected chi connectivity index (χ1v) is 10.7. The fraction of sp³-hybridized carbons (Fsp3) is 0.222. The molecule has 0 radical (unpaired) electrons. The number of ether oxygens (including phenoxy) is 3. The van der Waals surface area contributed by atoms with Crippen LogP contribution in [0.4, 0.5) is 0 Å². The summed E-state index contributed by atoms with van der Waals surface area (Å²) in [7, 11) is 0.746. The quantitative estimate of drug-likeness (QED) is 0.562. The molecule has 0 amide bonds. The van der Waals surface area contributed by atoms with E-state index in [0.717, 1.165) is 10.6 Å². The highest BCUT2D eigenvalue weighted by Crippen LogP contribution is 2.33. The van der Waals surface area contributed by atoms with Crippen LogP contribution in [0.1, 0.15) is 16.2 Å². The van der Waals surface area contributed by atoms with E-state index in [1.54, 1.807) is 25.7 Å². The lowest BCUT2D eigenvalue weighted by molar-refractivity contribution is 0.0457. The van der Waals surface area contributed by atoms with Gasteiger partial charge in [0.2, 0.25) is 10.0 Å². The standard InChI is InChI=1S/C18H19N3O6S2/c1-21-8-13(29(19,23)24)7-14(21)18(22)27-9-12-10-28-17(20-12)11-4-5-15(25-2)16(6-11)26-3/h4-8,10H,9H2,1-3H3,(H2,19,23,24). The van der Waals surface area contributed by atoms with Gasteiger partial charge in [0, 0.05) is 24.2 Å². The Morgan fingerprint density at radius 2 is 1.93 bits per heavy atom. The number of hydrogen-bond donors (Lipinski definition) is 1. The normalized spacial score (nSPS) is 11.3. The second kappa shape index (κ2) is 8.23. The number of carbonyl (C=O) groups excluding carboxylic acids is 1. The molecule has 3 rings (SSSR count). The molecule has 0 aliphatic rings. The molecule has 0 spiro atoms. The molecule has 0 saturated carbocycles. The number of sulfonamides is 1. The van der Waals surface area contributed by atoms with Crippen molar-refractivity contribution in [3.05, 3.63) is 47.2 Å². The lowest BCUT2D eigenvalue weighted by Crippen LogP contribution is -2.11. The summed E-state index contributed by atoms with van der Waals surface area (Å²) in [6.07, 6.45) is 1.25. The number of aryl methyl sites for hydroxylation is 1. The Morgan fingerprint density at radius 1 is 1.21 bits per heavy atom. The van der Waals surface area contributed by atoms with Crippen LogP contribution in [0.25, 0.3) is 10.6 Å². The third-order valence-corrected chi connectivity index (χ3v) is 5.87. The number of carbonyl (C=O) groups is 1. The Kier molecular flexibility index (Phi) is 5.91. The van der Waals surface area contributed by atoms with Gasteiger partial charge in [-0.1, -0.05) is 0 Å². The van der Waals surface area contributed by atoms with Gasteiger partial charge >= 0.3 is 5.97 Å². The molecule has 3 aromatic rings. The predicted molar refractivity (Wildman–Crippen MR) is 107 cm³/mol. The molecule has 0 unspecified atom stereocenters. The molecule has 2 N–H and O–H groups in total. The Morgan fingerprint density at radius 3 is 2.55 bits per heavy atom. The monoisotopic (exact) mass is 437 g/mol. The van der Waals surface area contributed by atoms with Crippen LogP contribution in [0, 0.1) is 0 Å². The molecule has 29 heavy (non-hydrogen) atoms. The van der Waals surface area contributed by atoms with E-state index in [4.69, 9.17) is 19.3 Å². The van der Waals surface area contributed by atoms with E-state index in [0.29, 0.717) is 17.2 Å². The van der Waals surface area contributed by atoms with Crippen LogP contribution >= 0.6 is 11.3 Å². The molecule has 0 aliphatic carbocycles. The Labute approximate surface area is 171 Å². The smallest absolute Gasteiger partial charge is 0.355 e. The third kappa shape index (κ3) is 4.58. The van der Waals surface area contributed by atoms with Crippen LogP contribution in [0.15, 0.2) is 40.7 Å². The summed E-state index contributed by atoms with van der Waals surface area (Å²) < 4.78 is 39.9. The van der Waals surface area contributed by atoms with Gasteiger partial charge in [-0.05, 0) is 24.3 Å². The molecular formula is C18H19N3O6S2. The van der Waals surface area contributed by atoms with E-state index in [2.05, 4.69) is 4.98 Å². The van der Waals surface area contributed by atoms with Crippen molar-refractivity contribution in [2.24, 2.45) is 12.2 Å². The Hall–Kier alpha value is -2.89. The van der Waals surface area contributed by atoms with Gasteiger partial charge in [0.15, 0.2) is 11.5 Å². The molecule has 2 aromatic heterocycles. The van der Waals surface area contributed by atoms with Crippen molar-refractivity contribution < 1.29 is 27.4 Å². The summed E-state index contributed by atoms with van der Waals surface area (Å²) in [4.78, 5) is 16.6. The minimum Gasteiger partial charge on any atom is -0.493 e. The minimum absolute atomic E-state index is 0.0570. The fourth-order valence-electron chi connectivity index (χ4n) is 2.58. The van der Waals surface area contributed by atoms with Crippen LogP contribution in [0.3, 0.4) is 0 Å². The second-order valence-electron chi connectivity index (χ2n) is 6.01. The van der Waals surface area contributed by atoms with Gasteiger partial charge in [-0.3, -0.25) is 0 Å². The number of methoxy groups -OCH3 is 2. The average Bonchev–Trinajstić information content (AvgIpc) is 3.32. The van der Waals surface area contributed by atoms with Gasteiger partial charge in [-0.15, -0.1) is 11.3 Å². The lowest BCUT2D eigenvalue weighted by atomic mass is 10.2. The predicted octanol–water partition coefficient (Wildman–Crippen LogP) is 2.17. The number of esters is 1. The lowest BCUT2D eigenvalue weighted by Gasteiger charge is -2.08. The van der Waals surface area contributed by atoms with Crippen LogP contribution in [-0.4, -0.2) is 38.2 Å². The maximum absolute atomic E-state index is 12.3. The van der Waals surface area contributed by atoms with Crippen molar-refractivity contribution in [3.63, 3.8) is 0 Å². The summed E-state index contributed by atoms with van der Waals surface area (Å²) in [5, 5.41) is 7.59. The molecule has 154 valence electrons. The van der Waals surface area contributed by atoms with Gasteiger partial charge in [0.1, 0.15) is 22.2 Å². The van der Waals surface area contributed by atoms with Crippen molar-refractivity contribution in [3.8, 4) is 22.1 Å². The molecule has 0 bridgehead atoms. The topological polar surface area (TPSA) is 123 Å². The van der Waals surface area contributed by atoms with Gasteiger partial charge in [-0.25, -0.2) is 23.3 Å². The van der Waals surface area contributed by atoms with Crippen molar-refractivity contribution in [1.29, 1.82) is 0 Å². The highest BCUT2D eigenvalue weighted by molar-refractivity contribution is 7.89. The molecule has 0 aliphatic heterocycles. The van der Waals surface area contributed by atoms with E-state index in [1.807, 2.05) is 12.1 Å². The van der Waals surface area contributed by atoms with Crippen LogP contribution in [0.5, 0.6) is 11.5 Å². The second-order valence-corrected chi connectivity index (χ2v) is 8.43. The Bertz CT molecular complexity index is 1150. The number of aromatic nitrogens is 2. The number of primary sulfonamides is 1. The molecule has 9 nitrogen and oxygen atoms in total. The van der Waals surface area contributed by atoms with Gasteiger partial charge in [-0.2, -0.15) is 0 Å². The molecular weight excluding hydrogens is 418 g/mol. The molecule has 0 fully saturated rings. The largest absolute Gasteiger partial charge is 0.493 e. The van der Waals surface area contributed by atoms with Crippen LogP contribution < -0.4 is 14.6 Å². The summed E-state index contributed by atoms with van der Waals surface area (Å²) in [6, 6.07) is 6.63. The van der Waals surface area contributed by atoms with Gasteiger partial charge in [0.25, 0.3) is 0 Å². The minimum atomic E-state index is -3.90. The summed E-state index contributed by atoms with van der Waals surface area (Å²) >= 11 is 1.39. The zero-order valence-corrected chi connectivity index (χ0v) is 17.5. The summed E-state index contributed by atoms with van der Waals surface area (Å²) in [5.41, 5.74) is 1.48. The molecule has 1 aromatic carbocycles. The zero-order chi connectivity index (χ0) is 21.2. The van der Waals surface area contributed by atoms with Crippen molar-refractivity contribution >= 4 is 27.3 Å². The first kappa shape index (κ1) is 20.8. The number of nitrogens with zero attached hydrogens (tertiary/aromatic N) is 2. The number of benzene rings is 1. The van der Waals surface area contributed by atoms with E-state index in [-0.39, 0.29) is 17.2 Å². The SMILES string of the molecule is COc1ccc(-c2nc(COC(=O)c3cc(S(N)(=O)=O)cn3C)cs2)cc1OC. The maximum Gasteiger partial charge on any atom is 0.355 e. The van der Waals surface area contributed by atoms with Gasteiger partial charge in [0.05, 0.1) is 19.9 Å². The molecule has 2 heterocycles. The fourth-order valence-corrected chi connectivity index (χ4v) is 3.96. The highest BCUT2D eigenvalue weighted by atomic mass is 32.2. The number of thiazole rings is 1. The van der Waals surface area contributed by atoms with E-state index >= 15 is 0 Å². The van der Waals surface area contributed by atoms with Crippen LogP contribution in [0.2, 0.25) is 0 Å². The third-order valence-electron chi connectivity index (χ3n) is 4.05. The summed E-state index contributed by atoms with van der Waals surface area (Å²) in [6.45, 7) is -0.0570. The molecule has 0 atom stereocenters. The maximum atomic E-state index is 12.3.